The number of hydrogen-bond acceptors (Lipinski definition) is 4. The van der Waals surface area contributed by atoms with Gasteiger partial charge in [-0.1, -0.05) is 36.4 Å². The van der Waals surface area contributed by atoms with Gasteiger partial charge in [0.05, 0.1) is 0 Å². The Morgan fingerprint density at radius 1 is 0.682 bits per heavy atom. The molecule has 22 heavy (non-hydrogen) atoms. The smallest absolute Gasteiger partial charge is 0.247 e. The summed E-state index contributed by atoms with van der Waals surface area (Å²) >= 11 is 0. The Labute approximate surface area is 130 Å². The van der Waals surface area contributed by atoms with Crippen molar-refractivity contribution in [3.05, 3.63) is 85.3 Å². The minimum absolute atomic E-state index is 0.00996. The van der Waals surface area contributed by atoms with E-state index in [1.807, 2.05) is 12.1 Å². The Hall–Kier alpha value is -2.28. The monoisotopic (exact) mass is 332 g/mol. The lowest BCUT2D eigenvalue weighted by Crippen LogP contribution is -2.01. The highest BCUT2D eigenvalue weighted by molar-refractivity contribution is 7.48. The third-order valence-electron chi connectivity index (χ3n) is 2.63. The van der Waals surface area contributed by atoms with Crippen LogP contribution in [0, 0.1) is 0 Å². The molecule has 2 rings (SSSR count). The Kier molecular flexibility index (Phi) is 5.60. The highest BCUT2D eigenvalue weighted by Crippen LogP contribution is 2.32. The van der Waals surface area contributed by atoms with E-state index in [-0.39, 0.29) is 11.5 Å². The van der Waals surface area contributed by atoms with Gasteiger partial charge in [0.2, 0.25) is 22.1 Å². The molecule has 2 unspecified atom stereocenters. The van der Waals surface area contributed by atoms with E-state index in [1.54, 1.807) is 48.5 Å². The summed E-state index contributed by atoms with van der Waals surface area (Å²) in [4.78, 5) is 0. The topological polar surface area (TPSA) is 52.6 Å². The summed E-state index contributed by atoms with van der Waals surface area (Å²) < 4.78 is 34.4. The molecular weight excluding hydrogens is 318 g/mol. The summed E-state index contributed by atoms with van der Waals surface area (Å²) in [6, 6.07) is 17.4. The fraction of sp³-hybridized carbons (Fsp3) is 0. The second-order valence-electron chi connectivity index (χ2n) is 4.21. The summed E-state index contributed by atoms with van der Waals surface area (Å²) in [6.45, 7) is 7.22. The molecular formula is C16H14O4P2+2. The first-order chi connectivity index (χ1) is 10.6. The van der Waals surface area contributed by atoms with Gasteiger partial charge in [-0.2, -0.15) is 0 Å². The molecule has 110 valence electrons. The van der Waals surface area contributed by atoms with Crippen molar-refractivity contribution in [2.75, 3.05) is 0 Å². The van der Waals surface area contributed by atoms with E-state index in [4.69, 9.17) is 9.05 Å². The molecule has 2 aromatic carbocycles. The first kappa shape index (κ1) is 16.1. The maximum absolute atomic E-state index is 12.0. The lowest BCUT2D eigenvalue weighted by Gasteiger charge is -1.97. The van der Waals surface area contributed by atoms with Crippen LogP contribution in [0.15, 0.2) is 85.3 Å². The van der Waals surface area contributed by atoms with Gasteiger partial charge in [0, 0.05) is 0 Å². The zero-order valence-electron chi connectivity index (χ0n) is 11.7. The van der Waals surface area contributed by atoms with Crippen LogP contribution in [0.25, 0.3) is 0 Å². The number of benzene rings is 2. The average molecular weight is 332 g/mol. The van der Waals surface area contributed by atoms with Gasteiger partial charge in [0.25, 0.3) is 0 Å². The van der Waals surface area contributed by atoms with Gasteiger partial charge in [-0.3, -0.25) is 0 Å². The molecule has 0 spiro atoms. The largest absolute Gasteiger partial charge is 0.597 e. The summed E-state index contributed by atoms with van der Waals surface area (Å²) in [7, 11) is -4.22. The Bertz CT molecular complexity index is 648. The Morgan fingerprint density at radius 2 is 1.00 bits per heavy atom. The third-order valence-corrected chi connectivity index (χ3v) is 4.84. The molecule has 0 aliphatic carbocycles. The van der Waals surface area contributed by atoms with E-state index in [0.29, 0.717) is 10.6 Å². The number of hydrogen-bond donors (Lipinski definition) is 0. The SMILES string of the molecule is C=C(O[P+](=O)c1ccccc1)C(=C)O[P+](=O)c1ccccc1. The normalized spacial score (nSPS) is 11.3. The molecule has 0 radical (unpaired) electrons. The second-order valence-corrected chi connectivity index (χ2v) is 6.64. The van der Waals surface area contributed by atoms with Crippen molar-refractivity contribution in [3.63, 3.8) is 0 Å². The van der Waals surface area contributed by atoms with Crippen LogP contribution in [0.5, 0.6) is 0 Å². The van der Waals surface area contributed by atoms with E-state index in [0.717, 1.165) is 0 Å². The van der Waals surface area contributed by atoms with E-state index in [9.17, 15) is 9.13 Å². The fourth-order valence-electron chi connectivity index (χ4n) is 1.51. The average Bonchev–Trinajstić information content (AvgIpc) is 2.56. The minimum atomic E-state index is -2.11. The van der Waals surface area contributed by atoms with Crippen molar-refractivity contribution in [3.8, 4) is 0 Å². The number of rotatable bonds is 7. The van der Waals surface area contributed by atoms with Gasteiger partial charge in [0.15, 0.2) is 0 Å². The second kappa shape index (κ2) is 7.65. The molecule has 0 saturated heterocycles. The molecule has 0 heterocycles. The van der Waals surface area contributed by atoms with Gasteiger partial charge < -0.3 is 0 Å². The van der Waals surface area contributed by atoms with Crippen LogP contribution in [0.3, 0.4) is 0 Å². The molecule has 6 heteroatoms. The first-order valence-corrected chi connectivity index (χ1v) is 8.72. The van der Waals surface area contributed by atoms with Crippen molar-refractivity contribution in [2.24, 2.45) is 0 Å². The molecule has 4 nitrogen and oxygen atoms in total. The highest BCUT2D eigenvalue weighted by atomic mass is 31.1. The van der Waals surface area contributed by atoms with E-state index in [1.165, 1.54) is 0 Å². The molecule has 0 amide bonds. The summed E-state index contributed by atoms with van der Waals surface area (Å²) in [5, 5.41) is 1.05. The summed E-state index contributed by atoms with van der Waals surface area (Å²) in [5.41, 5.74) is 0. The molecule has 0 bridgehead atoms. The molecule has 0 aliphatic rings. The first-order valence-electron chi connectivity index (χ1n) is 6.36. The molecule has 0 fully saturated rings. The predicted octanol–water partition coefficient (Wildman–Crippen LogP) is 4.18. The molecule has 0 saturated carbocycles. The van der Waals surface area contributed by atoms with Gasteiger partial charge >= 0.3 is 16.1 Å². The Morgan fingerprint density at radius 3 is 1.32 bits per heavy atom. The molecule has 2 atom stereocenters. The zero-order chi connectivity index (χ0) is 15.9. The van der Waals surface area contributed by atoms with Crippen LogP contribution in [-0.4, -0.2) is 0 Å². The fourth-order valence-corrected chi connectivity index (χ4v) is 3.15. The van der Waals surface area contributed by atoms with Crippen LogP contribution < -0.4 is 10.6 Å². The van der Waals surface area contributed by atoms with E-state index < -0.39 is 16.1 Å². The summed E-state index contributed by atoms with van der Waals surface area (Å²) in [6.07, 6.45) is 0. The quantitative estimate of drug-likeness (QED) is 0.433. The minimum Gasteiger partial charge on any atom is -0.247 e. The maximum Gasteiger partial charge on any atom is 0.597 e. The molecule has 0 N–H and O–H groups in total. The van der Waals surface area contributed by atoms with Crippen molar-refractivity contribution in [1.29, 1.82) is 0 Å². The van der Waals surface area contributed by atoms with Gasteiger partial charge in [-0.15, -0.1) is 0 Å². The van der Waals surface area contributed by atoms with Gasteiger partial charge in [-0.05, 0) is 46.6 Å². The van der Waals surface area contributed by atoms with Gasteiger partial charge in [0.1, 0.15) is 0 Å². The van der Waals surface area contributed by atoms with Crippen LogP contribution >= 0.6 is 16.1 Å². The van der Waals surface area contributed by atoms with E-state index in [2.05, 4.69) is 13.2 Å². The van der Waals surface area contributed by atoms with Crippen molar-refractivity contribution < 1.29 is 18.2 Å². The zero-order valence-corrected chi connectivity index (χ0v) is 13.5. The van der Waals surface area contributed by atoms with Crippen LogP contribution in [0.1, 0.15) is 0 Å². The lowest BCUT2D eigenvalue weighted by molar-refractivity contribution is 0.368. The Balaban J connectivity index is 1.94. The standard InChI is InChI=1S/C16H14O4P2/c1-13(19-21(17)15-9-5-3-6-10-15)14(2)20-22(18)16-11-7-4-8-12-16/h3-12H,1-2H2/q+2. The molecule has 2 aromatic rings. The lowest BCUT2D eigenvalue weighted by atomic mass is 10.4. The van der Waals surface area contributed by atoms with Crippen LogP contribution in [0.4, 0.5) is 0 Å². The van der Waals surface area contributed by atoms with Crippen molar-refractivity contribution in [1.82, 2.24) is 0 Å². The predicted molar refractivity (Wildman–Crippen MR) is 87.8 cm³/mol. The van der Waals surface area contributed by atoms with Crippen LogP contribution in [-0.2, 0) is 18.2 Å². The van der Waals surface area contributed by atoms with E-state index >= 15 is 0 Å². The third kappa shape index (κ3) is 4.36. The van der Waals surface area contributed by atoms with Crippen molar-refractivity contribution >= 4 is 26.7 Å². The van der Waals surface area contributed by atoms with Crippen molar-refractivity contribution in [2.45, 2.75) is 0 Å². The highest BCUT2D eigenvalue weighted by Gasteiger charge is 2.30. The maximum atomic E-state index is 12.0. The summed E-state index contributed by atoms with van der Waals surface area (Å²) in [5.74, 6) is -0.0199. The van der Waals surface area contributed by atoms with Gasteiger partial charge in [-0.25, -0.2) is 9.05 Å². The molecule has 0 aromatic heterocycles. The van der Waals surface area contributed by atoms with Crippen LogP contribution in [0.2, 0.25) is 0 Å². The molecule has 0 aliphatic heterocycles.